The SMILES string of the molecule is CCCCN(CCCC)c1nc(-c2ccc(C)cc2)nc2ccccc12. The summed E-state index contributed by atoms with van der Waals surface area (Å²) in [5.41, 5.74) is 3.35. The third-order valence-electron chi connectivity index (χ3n) is 4.76. The Morgan fingerprint density at radius 2 is 1.46 bits per heavy atom. The molecule has 0 aliphatic heterocycles. The van der Waals surface area contributed by atoms with Gasteiger partial charge in [-0.05, 0) is 31.9 Å². The van der Waals surface area contributed by atoms with Crippen molar-refractivity contribution < 1.29 is 0 Å². The molecule has 26 heavy (non-hydrogen) atoms. The quantitative estimate of drug-likeness (QED) is 0.499. The van der Waals surface area contributed by atoms with E-state index in [-0.39, 0.29) is 0 Å². The number of benzene rings is 2. The largest absolute Gasteiger partial charge is 0.356 e. The highest BCUT2D eigenvalue weighted by Crippen LogP contribution is 2.28. The fourth-order valence-corrected chi connectivity index (χ4v) is 3.15. The van der Waals surface area contributed by atoms with E-state index in [1.807, 2.05) is 0 Å². The second-order valence-corrected chi connectivity index (χ2v) is 6.95. The Kier molecular flexibility index (Phi) is 6.21. The molecule has 0 spiro atoms. The molecule has 0 N–H and O–H groups in total. The minimum absolute atomic E-state index is 0.816. The molecule has 0 bridgehead atoms. The van der Waals surface area contributed by atoms with E-state index in [1.54, 1.807) is 0 Å². The van der Waals surface area contributed by atoms with Crippen molar-refractivity contribution in [1.29, 1.82) is 0 Å². The van der Waals surface area contributed by atoms with E-state index in [0.717, 1.165) is 41.2 Å². The van der Waals surface area contributed by atoms with Crippen LogP contribution in [0.15, 0.2) is 48.5 Å². The molecule has 0 aliphatic carbocycles. The summed E-state index contributed by atoms with van der Waals surface area (Å²) in [6.45, 7) is 8.69. The first-order valence-corrected chi connectivity index (χ1v) is 9.81. The van der Waals surface area contributed by atoms with Gasteiger partial charge in [-0.3, -0.25) is 0 Å². The van der Waals surface area contributed by atoms with Gasteiger partial charge in [0.05, 0.1) is 5.52 Å². The predicted octanol–water partition coefficient (Wildman–Crippen LogP) is 6.01. The van der Waals surface area contributed by atoms with Gasteiger partial charge in [0, 0.05) is 24.0 Å². The Hall–Kier alpha value is -2.42. The molecule has 0 saturated heterocycles. The smallest absolute Gasteiger partial charge is 0.162 e. The Morgan fingerprint density at radius 3 is 2.12 bits per heavy atom. The summed E-state index contributed by atoms with van der Waals surface area (Å²) in [6.07, 6.45) is 4.75. The van der Waals surface area contributed by atoms with Crippen molar-refractivity contribution in [3.05, 3.63) is 54.1 Å². The second-order valence-electron chi connectivity index (χ2n) is 6.95. The number of anilines is 1. The molecule has 0 radical (unpaired) electrons. The van der Waals surface area contributed by atoms with E-state index in [9.17, 15) is 0 Å². The van der Waals surface area contributed by atoms with E-state index in [2.05, 4.69) is 74.2 Å². The number of hydrogen-bond acceptors (Lipinski definition) is 3. The van der Waals surface area contributed by atoms with E-state index in [4.69, 9.17) is 9.97 Å². The van der Waals surface area contributed by atoms with Crippen LogP contribution < -0.4 is 4.90 Å². The minimum atomic E-state index is 0.816. The third kappa shape index (κ3) is 4.21. The molecule has 0 atom stereocenters. The van der Waals surface area contributed by atoms with Gasteiger partial charge in [-0.25, -0.2) is 9.97 Å². The average Bonchev–Trinajstić information content (AvgIpc) is 2.68. The van der Waals surface area contributed by atoms with Crippen LogP contribution in [-0.2, 0) is 0 Å². The van der Waals surface area contributed by atoms with Crippen molar-refractivity contribution in [2.45, 2.75) is 46.5 Å². The lowest BCUT2D eigenvalue weighted by Gasteiger charge is -2.25. The number of aromatic nitrogens is 2. The maximum Gasteiger partial charge on any atom is 0.162 e. The van der Waals surface area contributed by atoms with Gasteiger partial charge in [0.2, 0.25) is 0 Å². The van der Waals surface area contributed by atoms with Crippen molar-refractivity contribution in [2.24, 2.45) is 0 Å². The lowest BCUT2D eigenvalue weighted by molar-refractivity contribution is 0.673. The lowest BCUT2D eigenvalue weighted by atomic mass is 10.1. The topological polar surface area (TPSA) is 29.0 Å². The monoisotopic (exact) mass is 347 g/mol. The molecule has 1 aromatic heterocycles. The molecule has 0 aliphatic rings. The standard InChI is InChI=1S/C23H29N3/c1-4-6-16-26(17-7-5-2)23-20-10-8-9-11-21(20)24-22(25-23)19-14-12-18(3)13-15-19/h8-15H,4-7,16-17H2,1-3H3. The molecular weight excluding hydrogens is 318 g/mol. The molecule has 0 unspecified atom stereocenters. The number of nitrogens with zero attached hydrogens (tertiary/aromatic N) is 3. The summed E-state index contributed by atoms with van der Waals surface area (Å²) < 4.78 is 0. The highest BCUT2D eigenvalue weighted by Gasteiger charge is 2.15. The number of unbranched alkanes of at least 4 members (excludes halogenated alkanes) is 2. The summed E-state index contributed by atoms with van der Waals surface area (Å²) in [5, 5.41) is 1.15. The number of hydrogen-bond donors (Lipinski definition) is 0. The van der Waals surface area contributed by atoms with Crippen LogP contribution in [-0.4, -0.2) is 23.1 Å². The van der Waals surface area contributed by atoms with Gasteiger partial charge >= 0.3 is 0 Å². The highest BCUT2D eigenvalue weighted by atomic mass is 15.2. The lowest BCUT2D eigenvalue weighted by Crippen LogP contribution is -2.27. The van der Waals surface area contributed by atoms with Crippen LogP contribution in [0, 0.1) is 6.92 Å². The fourth-order valence-electron chi connectivity index (χ4n) is 3.15. The number of para-hydroxylation sites is 1. The molecule has 3 heteroatoms. The zero-order valence-electron chi connectivity index (χ0n) is 16.2. The molecule has 3 rings (SSSR count). The Labute approximate surface area is 157 Å². The van der Waals surface area contributed by atoms with E-state index < -0.39 is 0 Å². The van der Waals surface area contributed by atoms with Gasteiger partial charge in [0.1, 0.15) is 5.82 Å². The first-order valence-electron chi connectivity index (χ1n) is 9.81. The molecule has 0 saturated carbocycles. The number of aryl methyl sites for hydroxylation is 1. The maximum absolute atomic E-state index is 5.02. The van der Waals surface area contributed by atoms with Gasteiger partial charge in [0.25, 0.3) is 0 Å². The first-order chi connectivity index (χ1) is 12.7. The molecular formula is C23H29N3. The number of rotatable bonds is 8. The minimum Gasteiger partial charge on any atom is -0.356 e. The Balaban J connectivity index is 2.10. The molecule has 0 fully saturated rings. The van der Waals surface area contributed by atoms with Gasteiger partial charge in [-0.2, -0.15) is 0 Å². The summed E-state index contributed by atoms with van der Waals surface area (Å²) in [6, 6.07) is 16.9. The Morgan fingerprint density at radius 1 is 0.808 bits per heavy atom. The van der Waals surface area contributed by atoms with Crippen LogP contribution in [0.25, 0.3) is 22.3 Å². The summed E-state index contributed by atoms with van der Waals surface area (Å²) in [4.78, 5) is 12.3. The van der Waals surface area contributed by atoms with Gasteiger partial charge in [-0.15, -0.1) is 0 Å². The molecule has 3 nitrogen and oxygen atoms in total. The fraction of sp³-hybridized carbons (Fsp3) is 0.391. The zero-order chi connectivity index (χ0) is 18.4. The van der Waals surface area contributed by atoms with Crippen molar-refractivity contribution in [3.8, 4) is 11.4 Å². The van der Waals surface area contributed by atoms with E-state index in [1.165, 1.54) is 31.2 Å². The first kappa shape index (κ1) is 18.4. The number of fused-ring (bicyclic) bond motifs is 1. The van der Waals surface area contributed by atoms with Crippen molar-refractivity contribution in [2.75, 3.05) is 18.0 Å². The normalized spacial score (nSPS) is 11.0. The maximum atomic E-state index is 5.02. The Bertz CT molecular complexity index is 832. The summed E-state index contributed by atoms with van der Waals surface area (Å²) in [5.74, 6) is 1.89. The van der Waals surface area contributed by atoms with E-state index in [0.29, 0.717) is 0 Å². The summed E-state index contributed by atoms with van der Waals surface area (Å²) in [7, 11) is 0. The van der Waals surface area contributed by atoms with Crippen molar-refractivity contribution in [3.63, 3.8) is 0 Å². The third-order valence-corrected chi connectivity index (χ3v) is 4.76. The van der Waals surface area contributed by atoms with Crippen LogP contribution >= 0.6 is 0 Å². The van der Waals surface area contributed by atoms with E-state index >= 15 is 0 Å². The molecule has 3 aromatic rings. The van der Waals surface area contributed by atoms with Crippen molar-refractivity contribution in [1.82, 2.24) is 9.97 Å². The van der Waals surface area contributed by atoms with Gasteiger partial charge < -0.3 is 4.90 Å². The molecule has 1 heterocycles. The van der Waals surface area contributed by atoms with Crippen LogP contribution in [0.1, 0.15) is 45.1 Å². The van der Waals surface area contributed by atoms with Gasteiger partial charge in [-0.1, -0.05) is 68.7 Å². The average molecular weight is 348 g/mol. The van der Waals surface area contributed by atoms with Crippen LogP contribution in [0.2, 0.25) is 0 Å². The van der Waals surface area contributed by atoms with Crippen LogP contribution in [0.4, 0.5) is 5.82 Å². The predicted molar refractivity (Wildman–Crippen MR) is 112 cm³/mol. The van der Waals surface area contributed by atoms with Crippen LogP contribution in [0.3, 0.4) is 0 Å². The van der Waals surface area contributed by atoms with Crippen LogP contribution in [0.5, 0.6) is 0 Å². The second kappa shape index (κ2) is 8.79. The van der Waals surface area contributed by atoms with Crippen molar-refractivity contribution >= 4 is 16.7 Å². The highest BCUT2D eigenvalue weighted by molar-refractivity contribution is 5.91. The molecule has 2 aromatic carbocycles. The van der Waals surface area contributed by atoms with Gasteiger partial charge in [0.15, 0.2) is 5.82 Å². The molecule has 136 valence electrons. The molecule has 0 amide bonds. The zero-order valence-corrected chi connectivity index (χ0v) is 16.2. The summed E-state index contributed by atoms with van der Waals surface area (Å²) >= 11 is 0.